The van der Waals surface area contributed by atoms with E-state index in [0.29, 0.717) is 24.2 Å². The summed E-state index contributed by atoms with van der Waals surface area (Å²) in [5, 5.41) is 0. The molecule has 0 saturated heterocycles. The van der Waals surface area contributed by atoms with Crippen molar-refractivity contribution in [2.75, 3.05) is 0 Å². The molecule has 0 aromatic rings. The van der Waals surface area contributed by atoms with Crippen LogP contribution in [0.3, 0.4) is 0 Å². The number of esters is 1. The molecule has 0 bridgehead atoms. The van der Waals surface area contributed by atoms with E-state index in [1.54, 1.807) is 0 Å². The van der Waals surface area contributed by atoms with E-state index in [4.69, 9.17) is 4.74 Å². The fourth-order valence-corrected chi connectivity index (χ4v) is 3.88. The molecular formula is C21H34O2. The fraction of sp³-hybridized carbons (Fsp3) is 0.762. The Hall–Kier alpha value is -1.05. The minimum atomic E-state index is 0.00728. The molecule has 1 unspecified atom stereocenters. The Morgan fingerprint density at radius 1 is 1.30 bits per heavy atom. The Bertz CT molecular complexity index is 410. The van der Waals surface area contributed by atoms with Crippen LogP contribution in [-0.4, -0.2) is 12.1 Å². The van der Waals surface area contributed by atoms with Gasteiger partial charge in [0.05, 0.1) is 0 Å². The van der Waals surface area contributed by atoms with Gasteiger partial charge < -0.3 is 4.74 Å². The van der Waals surface area contributed by atoms with E-state index in [0.717, 1.165) is 32.1 Å². The summed E-state index contributed by atoms with van der Waals surface area (Å²) in [5.41, 5.74) is 0. The van der Waals surface area contributed by atoms with Gasteiger partial charge in [0.15, 0.2) is 0 Å². The monoisotopic (exact) mass is 318 g/mol. The van der Waals surface area contributed by atoms with Crippen molar-refractivity contribution >= 4 is 5.97 Å². The highest BCUT2D eigenvalue weighted by molar-refractivity contribution is 5.69. The van der Waals surface area contributed by atoms with Gasteiger partial charge in [-0.2, -0.15) is 0 Å². The molecular weight excluding hydrogens is 284 g/mol. The van der Waals surface area contributed by atoms with Gasteiger partial charge in [-0.1, -0.05) is 57.4 Å². The number of unbranched alkanes of at least 4 members (excludes halogenated alkanes) is 2. The summed E-state index contributed by atoms with van der Waals surface area (Å²) in [5.74, 6) is 1.73. The number of carbonyl (C=O) groups excluding carboxylic acids is 1. The van der Waals surface area contributed by atoms with Crippen molar-refractivity contribution in [1.29, 1.82) is 0 Å². The standard InChI is InChI=1S/C21H34O2/c1-3-4-7-10-17(2)13-14-18-15-16-20-19(18)11-8-5-6-9-12-21(22)23-20/h5,8,13-14,17-20H,3-4,6-7,9-12,15-16H2,1-2H3/b8-5-,14-13+/t17?,18-,19+,20-/m0/s1. The van der Waals surface area contributed by atoms with Crippen LogP contribution in [0.4, 0.5) is 0 Å². The van der Waals surface area contributed by atoms with Crippen LogP contribution in [0.25, 0.3) is 0 Å². The highest BCUT2D eigenvalue weighted by atomic mass is 16.5. The maximum absolute atomic E-state index is 11.9. The molecule has 2 heteroatoms. The molecule has 2 aliphatic rings. The van der Waals surface area contributed by atoms with E-state index in [1.165, 1.54) is 25.7 Å². The van der Waals surface area contributed by atoms with Gasteiger partial charge in [-0.3, -0.25) is 4.79 Å². The molecule has 23 heavy (non-hydrogen) atoms. The van der Waals surface area contributed by atoms with Crippen molar-refractivity contribution in [1.82, 2.24) is 0 Å². The second-order valence-corrected chi connectivity index (χ2v) is 7.39. The lowest BCUT2D eigenvalue weighted by Gasteiger charge is -2.23. The average molecular weight is 319 g/mol. The summed E-state index contributed by atoms with van der Waals surface area (Å²) in [7, 11) is 0. The molecule has 4 atom stereocenters. The van der Waals surface area contributed by atoms with Crippen LogP contribution in [0.5, 0.6) is 0 Å². The number of carbonyl (C=O) groups is 1. The highest BCUT2D eigenvalue weighted by Crippen LogP contribution is 2.38. The van der Waals surface area contributed by atoms with Gasteiger partial charge in [-0.05, 0) is 50.4 Å². The SMILES string of the molecule is CCCCCC(C)/C=C/[C@H]1CC[C@@H]2OC(=O)CCC/C=C\C[C@@H]21. The zero-order chi connectivity index (χ0) is 16.5. The van der Waals surface area contributed by atoms with Gasteiger partial charge in [0.1, 0.15) is 6.10 Å². The van der Waals surface area contributed by atoms with Crippen molar-refractivity contribution in [3.8, 4) is 0 Å². The third kappa shape index (κ3) is 6.16. The lowest BCUT2D eigenvalue weighted by atomic mass is 9.89. The molecule has 0 aromatic heterocycles. The van der Waals surface area contributed by atoms with Crippen molar-refractivity contribution in [2.24, 2.45) is 17.8 Å². The zero-order valence-corrected chi connectivity index (χ0v) is 15.0. The van der Waals surface area contributed by atoms with Crippen molar-refractivity contribution in [2.45, 2.75) is 84.2 Å². The predicted octanol–water partition coefficient (Wildman–Crippen LogP) is 5.83. The number of rotatable bonds is 6. The van der Waals surface area contributed by atoms with E-state index in [2.05, 4.69) is 38.2 Å². The van der Waals surface area contributed by atoms with E-state index in [1.807, 2.05) is 0 Å². The highest BCUT2D eigenvalue weighted by Gasteiger charge is 2.36. The van der Waals surface area contributed by atoms with Gasteiger partial charge in [0.2, 0.25) is 0 Å². The first kappa shape index (κ1) is 18.3. The Labute approximate surface area is 142 Å². The lowest BCUT2D eigenvalue weighted by Crippen LogP contribution is -2.25. The molecule has 1 aliphatic carbocycles. The molecule has 130 valence electrons. The molecule has 0 amide bonds. The fourth-order valence-electron chi connectivity index (χ4n) is 3.88. The molecule has 2 rings (SSSR count). The van der Waals surface area contributed by atoms with Gasteiger partial charge in [-0.25, -0.2) is 0 Å². The maximum atomic E-state index is 11.9. The largest absolute Gasteiger partial charge is 0.462 e. The van der Waals surface area contributed by atoms with Gasteiger partial charge in [0.25, 0.3) is 0 Å². The number of allylic oxidation sites excluding steroid dienone is 4. The Kier molecular flexibility index (Phi) is 7.91. The quantitative estimate of drug-likeness (QED) is 0.350. The number of hydrogen-bond donors (Lipinski definition) is 0. The first-order chi connectivity index (χ1) is 11.2. The second kappa shape index (κ2) is 9.95. The van der Waals surface area contributed by atoms with E-state index < -0.39 is 0 Å². The number of ether oxygens (including phenoxy) is 1. The van der Waals surface area contributed by atoms with Crippen molar-refractivity contribution in [3.05, 3.63) is 24.3 Å². The smallest absolute Gasteiger partial charge is 0.306 e. The van der Waals surface area contributed by atoms with Crippen molar-refractivity contribution in [3.63, 3.8) is 0 Å². The van der Waals surface area contributed by atoms with Crippen molar-refractivity contribution < 1.29 is 9.53 Å². The molecule has 0 N–H and O–H groups in total. The van der Waals surface area contributed by atoms with E-state index in [-0.39, 0.29) is 12.1 Å². The molecule has 2 nitrogen and oxygen atoms in total. The van der Waals surface area contributed by atoms with Crippen LogP contribution in [-0.2, 0) is 9.53 Å². The minimum absolute atomic E-state index is 0.00728. The zero-order valence-electron chi connectivity index (χ0n) is 15.0. The number of hydrogen-bond acceptors (Lipinski definition) is 2. The Balaban J connectivity index is 1.91. The van der Waals surface area contributed by atoms with Crippen LogP contribution in [0.1, 0.15) is 78.1 Å². The second-order valence-electron chi connectivity index (χ2n) is 7.39. The molecule has 1 fully saturated rings. The van der Waals surface area contributed by atoms with Crippen LogP contribution < -0.4 is 0 Å². The number of fused-ring (bicyclic) bond motifs is 1. The first-order valence-electron chi connectivity index (χ1n) is 9.73. The maximum Gasteiger partial charge on any atom is 0.306 e. The summed E-state index contributed by atoms with van der Waals surface area (Å²) in [4.78, 5) is 11.9. The summed E-state index contributed by atoms with van der Waals surface area (Å²) in [6.45, 7) is 4.58. The van der Waals surface area contributed by atoms with Gasteiger partial charge in [0, 0.05) is 12.3 Å². The molecule has 1 saturated carbocycles. The molecule has 1 aliphatic heterocycles. The summed E-state index contributed by atoms with van der Waals surface area (Å²) < 4.78 is 5.76. The normalized spacial score (nSPS) is 31.6. The van der Waals surface area contributed by atoms with Crippen LogP contribution >= 0.6 is 0 Å². The summed E-state index contributed by atoms with van der Waals surface area (Å²) >= 11 is 0. The van der Waals surface area contributed by atoms with Gasteiger partial charge in [-0.15, -0.1) is 0 Å². The lowest BCUT2D eigenvalue weighted by molar-refractivity contribution is -0.151. The third-order valence-corrected chi connectivity index (χ3v) is 5.37. The topological polar surface area (TPSA) is 26.3 Å². The van der Waals surface area contributed by atoms with Crippen LogP contribution in [0.15, 0.2) is 24.3 Å². The van der Waals surface area contributed by atoms with Crippen LogP contribution in [0.2, 0.25) is 0 Å². The average Bonchev–Trinajstić information content (AvgIpc) is 2.91. The molecule has 1 heterocycles. The summed E-state index contributed by atoms with van der Waals surface area (Å²) in [6, 6.07) is 0. The Morgan fingerprint density at radius 3 is 3.00 bits per heavy atom. The van der Waals surface area contributed by atoms with Gasteiger partial charge >= 0.3 is 5.97 Å². The molecule has 0 radical (unpaired) electrons. The molecule has 0 spiro atoms. The molecule has 0 aromatic carbocycles. The summed E-state index contributed by atoms with van der Waals surface area (Å²) in [6.07, 6.45) is 20.5. The van der Waals surface area contributed by atoms with E-state index in [9.17, 15) is 4.79 Å². The van der Waals surface area contributed by atoms with Crippen LogP contribution in [0, 0.1) is 17.8 Å². The van der Waals surface area contributed by atoms with E-state index >= 15 is 0 Å². The third-order valence-electron chi connectivity index (χ3n) is 5.37. The first-order valence-corrected chi connectivity index (χ1v) is 9.73. The minimum Gasteiger partial charge on any atom is -0.462 e. The predicted molar refractivity (Wildman–Crippen MR) is 96.1 cm³/mol. The Morgan fingerprint density at radius 2 is 2.17 bits per heavy atom.